The van der Waals surface area contributed by atoms with Crippen molar-refractivity contribution in [2.75, 3.05) is 27.9 Å². The molecule has 0 N–H and O–H groups in total. The van der Waals surface area contributed by atoms with E-state index in [1.54, 1.807) is 21.3 Å². The van der Waals surface area contributed by atoms with Crippen LogP contribution in [-0.2, 0) is 17.7 Å². The van der Waals surface area contributed by atoms with Crippen LogP contribution >= 0.6 is 0 Å². The normalized spacial score (nSPS) is 11.2. The first-order chi connectivity index (χ1) is 9.16. The minimum absolute atomic E-state index is 0.881. The first-order valence-corrected chi connectivity index (χ1v) is 10.1. The van der Waals surface area contributed by atoms with Gasteiger partial charge in [-0.3, -0.25) is 0 Å². The zero-order valence-electron chi connectivity index (χ0n) is 13.8. The van der Waals surface area contributed by atoms with Gasteiger partial charge in [-0.05, 0) is 13.3 Å². The molecular formula is C13H34O4Si2. The summed E-state index contributed by atoms with van der Waals surface area (Å²) < 4.78 is 20.8. The van der Waals surface area contributed by atoms with Gasteiger partial charge < -0.3 is 17.7 Å². The number of unbranched alkanes of at least 4 members (excludes halogenated alkanes) is 5. The molecule has 0 saturated heterocycles. The van der Waals surface area contributed by atoms with Crippen molar-refractivity contribution in [1.82, 2.24) is 0 Å². The molecule has 0 atom stereocenters. The molecule has 118 valence electrons. The zero-order chi connectivity index (χ0) is 15.0. The topological polar surface area (TPSA) is 36.9 Å². The van der Waals surface area contributed by atoms with Gasteiger partial charge in [0.25, 0.3) is 0 Å². The summed E-state index contributed by atoms with van der Waals surface area (Å²) >= 11 is 0. The van der Waals surface area contributed by atoms with Crippen molar-refractivity contribution in [3.05, 3.63) is 0 Å². The molecule has 0 rings (SSSR count). The Balaban J connectivity index is 0. The lowest BCUT2D eigenvalue weighted by Crippen LogP contribution is -2.42. The highest BCUT2D eigenvalue weighted by atomic mass is 28.4. The summed E-state index contributed by atoms with van der Waals surface area (Å²) in [5, 5.41) is 0. The van der Waals surface area contributed by atoms with Crippen molar-refractivity contribution in [2.24, 2.45) is 0 Å². The molecule has 0 aromatic rings. The van der Waals surface area contributed by atoms with E-state index in [2.05, 4.69) is 11.3 Å². The van der Waals surface area contributed by atoms with Gasteiger partial charge in [0, 0.05) is 34.0 Å². The number of hydrogen-bond acceptors (Lipinski definition) is 4. The molecule has 0 heterocycles. The summed E-state index contributed by atoms with van der Waals surface area (Å²) in [6.07, 6.45) is 7.71. The van der Waals surface area contributed by atoms with E-state index in [1.807, 2.05) is 6.92 Å². The fourth-order valence-corrected chi connectivity index (χ4v) is 3.47. The second-order valence-corrected chi connectivity index (χ2v) is 8.06. The van der Waals surface area contributed by atoms with E-state index >= 15 is 0 Å². The summed E-state index contributed by atoms with van der Waals surface area (Å²) in [5.74, 6) is 0. The fourth-order valence-electron chi connectivity index (χ4n) is 1.68. The highest BCUT2D eigenvalue weighted by Gasteiger charge is 2.36. The summed E-state index contributed by atoms with van der Waals surface area (Å²) in [5.41, 5.74) is 0. The Labute approximate surface area is 124 Å². The van der Waals surface area contributed by atoms with Gasteiger partial charge in [0.15, 0.2) is 0 Å². The van der Waals surface area contributed by atoms with Crippen molar-refractivity contribution < 1.29 is 17.7 Å². The first kappa shape index (κ1) is 21.6. The predicted molar refractivity (Wildman–Crippen MR) is 86.5 cm³/mol. The van der Waals surface area contributed by atoms with Crippen LogP contribution in [0, 0.1) is 0 Å². The van der Waals surface area contributed by atoms with E-state index in [1.165, 1.54) is 32.1 Å². The highest BCUT2D eigenvalue weighted by molar-refractivity contribution is 6.60. The van der Waals surface area contributed by atoms with E-state index in [-0.39, 0.29) is 0 Å². The third-order valence-electron chi connectivity index (χ3n) is 3.06. The molecule has 0 saturated carbocycles. The zero-order valence-corrected chi connectivity index (χ0v) is 16.8. The lowest BCUT2D eigenvalue weighted by molar-refractivity contribution is 0.122. The second kappa shape index (κ2) is 16.3. The third-order valence-corrected chi connectivity index (χ3v) is 6.47. The molecule has 0 amide bonds. The first-order valence-electron chi connectivity index (χ1n) is 7.30. The number of rotatable bonds is 11. The van der Waals surface area contributed by atoms with Gasteiger partial charge in [-0.1, -0.05) is 39.0 Å². The molecule has 19 heavy (non-hydrogen) atoms. The monoisotopic (exact) mass is 310 g/mol. The van der Waals surface area contributed by atoms with E-state index in [0.29, 0.717) is 0 Å². The van der Waals surface area contributed by atoms with Gasteiger partial charge in [0.1, 0.15) is 10.5 Å². The standard InChI is InChI=1S/C11H26O3Si.C2H8OSi/c1-5-6-7-8-9-10-11-15(12-2,13-3)14-4;1-2-3-4/h5-11H2,1-4H3;2H2,1,4H3. The Bertz CT molecular complexity index is 156. The van der Waals surface area contributed by atoms with Gasteiger partial charge in [-0.15, -0.1) is 0 Å². The van der Waals surface area contributed by atoms with Gasteiger partial charge in [0.05, 0.1) is 0 Å². The Morgan fingerprint density at radius 2 is 1.21 bits per heavy atom. The van der Waals surface area contributed by atoms with Crippen LogP contribution in [0.5, 0.6) is 0 Å². The van der Waals surface area contributed by atoms with Gasteiger partial charge >= 0.3 is 8.80 Å². The van der Waals surface area contributed by atoms with Crippen LogP contribution in [0.4, 0.5) is 0 Å². The van der Waals surface area contributed by atoms with E-state index in [4.69, 9.17) is 13.3 Å². The molecule has 0 radical (unpaired) electrons. The largest absolute Gasteiger partial charge is 0.500 e. The smallest absolute Gasteiger partial charge is 0.428 e. The molecule has 0 spiro atoms. The van der Waals surface area contributed by atoms with Crippen LogP contribution in [0.25, 0.3) is 0 Å². The Hall–Kier alpha value is 0.274. The average Bonchev–Trinajstić information content (AvgIpc) is 2.48. The van der Waals surface area contributed by atoms with Crippen molar-refractivity contribution in [1.29, 1.82) is 0 Å². The summed E-state index contributed by atoms with van der Waals surface area (Å²) in [4.78, 5) is 0. The molecule has 0 aliphatic rings. The molecule has 0 bridgehead atoms. The maximum Gasteiger partial charge on any atom is 0.500 e. The predicted octanol–water partition coefficient (Wildman–Crippen LogP) is 2.53. The maximum atomic E-state index is 5.36. The summed E-state index contributed by atoms with van der Waals surface area (Å²) in [6, 6.07) is 0.933. The fraction of sp³-hybridized carbons (Fsp3) is 1.00. The van der Waals surface area contributed by atoms with Crippen molar-refractivity contribution in [2.45, 2.75) is 58.4 Å². The highest BCUT2D eigenvalue weighted by Crippen LogP contribution is 2.17. The minimum atomic E-state index is -2.29. The van der Waals surface area contributed by atoms with Gasteiger partial charge in [-0.25, -0.2) is 0 Å². The maximum absolute atomic E-state index is 5.36. The summed E-state index contributed by atoms with van der Waals surface area (Å²) in [7, 11) is 3.63. The molecule has 0 aromatic heterocycles. The van der Waals surface area contributed by atoms with E-state index in [9.17, 15) is 0 Å². The molecular weight excluding hydrogens is 276 g/mol. The summed E-state index contributed by atoms with van der Waals surface area (Å²) in [6.45, 7) is 5.11. The van der Waals surface area contributed by atoms with Crippen molar-refractivity contribution in [3.63, 3.8) is 0 Å². The Morgan fingerprint density at radius 1 is 0.789 bits per heavy atom. The SMILES string of the molecule is CCCCCCCC[Si](OC)(OC)OC.CCO[SiH3]. The molecule has 0 aromatic carbocycles. The van der Waals surface area contributed by atoms with Crippen LogP contribution in [0.2, 0.25) is 6.04 Å². The quantitative estimate of drug-likeness (QED) is 0.434. The average molecular weight is 311 g/mol. The minimum Gasteiger partial charge on any atom is -0.428 e. The molecule has 0 aliphatic heterocycles. The lowest BCUT2D eigenvalue weighted by atomic mass is 10.1. The van der Waals surface area contributed by atoms with E-state index < -0.39 is 8.80 Å². The van der Waals surface area contributed by atoms with Crippen LogP contribution in [-0.4, -0.2) is 47.2 Å². The van der Waals surface area contributed by atoms with Crippen LogP contribution in [0.1, 0.15) is 52.4 Å². The Kier molecular flexibility index (Phi) is 18.5. The number of hydrogen-bond donors (Lipinski definition) is 0. The molecule has 0 unspecified atom stereocenters. The molecule has 6 heteroatoms. The molecule has 0 aliphatic carbocycles. The molecule has 0 fully saturated rings. The van der Waals surface area contributed by atoms with Gasteiger partial charge in [0.2, 0.25) is 0 Å². The van der Waals surface area contributed by atoms with Gasteiger partial charge in [-0.2, -0.15) is 0 Å². The lowest BCUT2D eigenvalue weighted by Gasteiger charge is -2.24. The third kappa shape index (κ3) is 13.0. The van der Waals surface area contributed by atoms with Crippen LogP contribution in [0.15, 0.2) is 0 Å². The van der Waals surface area contributed by atoms with Crippen LogP contribution < -0.4 is 0 Å². The van der Waals surface area contributed by atoms with Crippen molar-refractivity contribution >= 4 is 19.3 Å². The molecule has 4 nitrogen and oxygen atoms in total. The Morgan fingerprint density at radius 3 is 1.58 bits per heavy atom. The van der Waals surface area contributed by atoms with Crippen LogP contribution in [0.3, 0.4) is 0 Å². The second-order valence-electron chi connectivity index (χ2n) is 4.39. The van der Waals surface area contributed by atoms with E-state index in [0.717, 1.165) is 29.6 Å². The van der Waals surface area contributed by atoms with Crippen molar-refractivity contribution in [3.8, 4) is 0 Å².